The fourth-order valence-electron chi connectivity index (χ4n) is 4.63. The molecule has 2 saturated heterocycles. The van der Waals surface area contributed by atoms with E-state index in [-0.39, 0.29) is 6.04 Å². The summed E-state index contributed by atoms with van der Waals surface area (Å²) in [5, 5.41) is 10.8. The maximum atomic E-state index is 12.8. The Kier molecular flexibility index (Phi) is 4.09. The number of hydrogen-bond donors (Lipinski definition) is 2. The molecule has 0 radical (unpaired) electrons. The van der Waals surface area contributed by atoms with E-state index in [2.05, 4.69) is 25.4 Å². The van der Waals surface area contributed by atoms with Crippen LogP contribution in [0.4, 0.5) is 0 Å². The normalized spacial score (nSPS) is 32.0. The Balaban J connectivity index is 1.32. The smallest absolute Gasteiger partial charge is 0.239 e. The monoisotopic (exact) mass is 317 g/mol. The largest absolute Gasteiger partial charge is 0.341 e. The first-order valence-corrected chi connectivity index (χ1v) is 9.14. The van der Waals surface area contributed by atoms with Crippen molar-refractivity contribution in [2.45, 2.75) is 69.9 Å². The summed E-state index contributed by atoms with van der Waals surface area (Å²) in [6.45, 7) is 3.61. The minimum atomic E-state index is 0.0606. The molecule has 2 aliphatic heterocycles. The molecule has 1 aliphatic carbocycles. The number of piperidine rings is 1. The van der Waals surface area contributed by atoms with Gasteiger partial charge in [-0.15, -0.1) is 0 Å². The van der Waals surface area contributed by atoms with Crippen molar-refractivity contribution in [1.29, 1.82) is 0 Å². The van der Waals surface area contributed by atoms with Crippen LogP contribution in [0, 0.1) is 12.8 Å². The van der Waals surface area contributed by atoms with Gasteiger partial charge in [-0.3, -0.25) is 9.89 Å². The third-order valence-corrected chi connectivity index (χ3v) is 5.95. The van der Waals surface area contributed by atoms with Crippen LogP contribution in [0.15, 0.2) is 0 Å². The first-order valence-electron chi connectivity index (χ1n) is 9.14. The highest BCUT2D eigenvalue weighted by atomic mass is 16.2. The Morgan fingerprint density at radius 2 is 1.96 bits per heavy atom. The topological polar surface area (TPSA) is 73.9 Å². The summed E-state index contributed by atoms with van der Waals surface area (Å²) in [5.41, 5.74) is 0. The minimum Gasteiger partial charge on any atom is -0.341 e. The van der Waals surface area contributed by atoms with E-state index in [1.165, 1.54) is 25.7 Å². The molecule has 0 aromatic carbocycles. The van der Waals surface area contributed by atoms with Crippen LogP contribution >= 0.6 is 0 Å². The number of aromatic amines is 1. The number of H-pyrrole nitrogens is 1. The molecule has 1 amide bonds. The Labute approximate surface area is 137 Å². The molecule has 1 saturated carbocycles. The lowest BCUT2D eigenvalue weighted by atomic mass is 9.85. The summed E-state index contributed by atoms with van der Waals surface area (Å²) in [7, 11) is 0. The zero-order valence-electron chi connectivity index (χ0n) is 13.9. The van der Waals surface area contributed by atoms with Crippen molar-refractivity contribution in [3.05, 3.63) is 11.6 Å². The number of rotatable bonds is 2. The highest BCUT2D eigenvalue weighted by Gasteiger charge is 2.40. The summed E-state index contributed by atoms with van der Waals surface area (Å²) >= 11 is 0. The van der Waals surface area contributed by atoms with Crippen LogP contribution in [-0.2, 0) is 4.79 Å². The molecule has 1 aromatic heterocycles. The zero-order chi connectivity index (χ0) is 15.8. The van der Waals surface area contributed by atoms with E-state index >= 15 is 0 Å². The lowest BCUT2D eigenvalue weighted by Gasteiger charge is -2.32. The molecule has 3 fully saturated rings. The van der Waals surface area contributed by atoms with Crippen molar-refractivity contribution in [3.63, 3.8) is 0 Å². The van der Waals surface area contributed by atoms with E-state index in [9.17, 15) is 4.79 Å². The van der Waals surface area contributed by atoms with Crippen LogP contribution in [0.1, 0.15) is 62.5 Å². The number of nitrogens with one attached hydrogen (secondary N) is 2. The first-order chi connectivity index (χ1) is 11.2. The summed E-state index contributed by atoms with van der Waals surface area (Å²) in [4.78, 5) is 19.3. The van der Waals surface area contributed by atoms with E-state index in [0.717, 1.165) is 49.9 Å². The highest BCUT2D eigenvalue weighted by Crippen LogP contribution is 2.34. The molecule has 1 aromatic rings. The van der Waals surface area contributed by atoms with E-state index < -0.39 is 0 Å². The number of nitrogens with zero attached hydrogens (tertiary/aromatic N) is 3. The molecule has 0 bridgehead atoms. The van der Waals surface area contributed by atoms with E-state index in [4.69, 9.17) is 0 Å². The second-order valence-corrected chi connectivity index (χ2v) is 7.48. The van der Waals surface area contributed by atoms with Gasteiger partial charge in [0.2, 0.25) is 5.91 Å². The maximum Gasteiger partial charge on any atom is 0.239 e. The SMILES string of the molecule is Cc1nc(C2CCN(C(=O)C3CC4CCCCC4N3)CC2)n[nH]1. The van der Waals surface area contributed by atoms with Crippen molar-refractivity contribution < 1.29 is 4.79 Å². The number of hydrogen-bond acceptors (Lipinski definition) is 4. The molecule has 6 heteroatoms. The Morgan fingerprint density at radius 3 is 2.65 bits per heavy atom. The predicted octanol–water partition coefficient (Wildman–Crippen LogP) is 1.74. The van der Waals surface area contributed by atoms with Crippen LogP contribution in [0.5, 0.6) is 0 Å². The van der Waals surface area contributed by atoms with Crippen LogP contribution in [0.3, 0.4) is 0 Å². The third kappa shape index (κ3) is 3.01. The Morgan fingerprint density at radius 1 is 1.17 bits per heavy atom. The van der Waals surface area contributed by atoms with Crippen molar-refractivity contribution in [3.8, 4) is 0 Å². The van der Waals surface area contributed by atoms with Gasteiger partial charge < -0.3 is 10.2 Å². The predicted molar refractivity (Wildman–Crippen MR) is 87.0 cm³/mol. The summed E-state index contributed by atoms with van der Waals surface area (Å²) in [6.07, 6.45) is 8.20. The molecule has 126 valence electrons. The lowest BCUT2D eigenvalue weighted by Crippen LogP contribution is -2.48. The summed E-state index contributed by atoms with van der Waals surface area (Å²) in [5.74, 6) is 3.23. The fourth-order valence-corrected chi connectivity index (χ4v) is 4.63. The van der Waals surface area contributed by atoms with Gasteiger partial charge in [0.05, 0.1) is 6.04 Å². The fraction of sp³-hybridized carbons (Fsp3) is 0.824. The number of amides is 1. The summed E-state index contributed by atoms with van der Waals surface area (Å²) in [6, 6.07) is 0.650. The van der Waals surface area contributed by atoms with Gasteiger partial charge in [0, 0.05) is 25.0 Å². The quantitative estimate of drug-likeness (QED) is 0.871. The summed E-state index contributed by atoms with van der Waals surface area (Å²) < 4.78 is 0. The maximum absolute atomic E-state index is 12.8. The van der Waals surface area contributed by atoms with Crippen molar-refractivity contribution >= 4 is 5.91 Å². The molecule has 3 aliphatic rings. The lowest BCUT2D eigenvalue weighted by molar-refractivity contribution is -0.134. The van der Waals surface area contributed by atoms with Crippen molar-refractivity contribution in [2.75, 3.05) is 13.1 Å². The second-order valence-electron chi connectivity index (χ2n) is 7.48. The van der Waals surface area contributed by atoms with E-state index in [1.54, 1.807) is 0 Å². The van der Waals surface area contributed by atoms with Crippen LogP contribution < -0.4 is 5.32 Å². The number of carbonyl (C=O) groups is 1. The number of fused-ring (bicyclic) bond motifs is 1. The average molecular weight is 317 g/mol. The molecular weight excluding hydrogens is 290 g/mol. The van der Waals surface area contributed by atoms with Gasteiger partial charge in [-0.05, 0) is 44.9 Å². The standard InChI is InChI=1S/C17H27N5O/c1-11-18-16(21-20-11)12-6-8-22(9-7-12)17(23)15-10-13-4-2-3-5-14(13)19-15/h12-15,19H,2-10H2,1H3,(H,18,20,21). The Bertz CT molecular complexity index is 549. The minimum absolute atomic E-state index is 0.0606. The number of aryl methyl sites for hydroxylation is 1. The highest BCUT2D eigenvalue weighted by molar-refractivity contribution is 5.82. The van der Waals surface area contributed by atoms with Gasteiger partial charge in [-0.2, -0.15) is 5.10 Å². The van der Waals surface area contributed by atoms with Gasteiger partial charge in [-0.1, -0.05) is 12.8 Å². The molecule has 6 nitrogen and oxygen atoms in total. The molecule has 3 atom stereocenters. The third-order valence-electron chi connectivity index (χ3n) is 5.95. The molecule has 3 heterocycles. The first kappa shape index (κ1) is 15.1. The molecule has 0 spiro atoms. The molecule has 3 unspecified atom stereocenters. The van der Waals surface area contributed by atoms with Gasteiger partial charge in [-0.25, -0.2) is 4.98 Å². The molecule has 23 heavy (non-hydrogen) atoms. The Hall–Kier alpha value is -1.43. The number of likely N-dealkylation sites (tertiary alicyclic amines) is 1. The number of aromatic nitrogens is 3. The van der Waals surface area contributed by atoms with Gasteiger partial charge in [0.25, 0.3) is 0 Å². The molecule has 2 N–H and O–H groups in total. The van der Waals surface area contributed by atoms with Gasteiger partial charge in [0.15, 0.2) is 5.82 Å². The van der Waals surface area contributed by atoms with Crippen LogP contribution in [0.2, 0.25) is 0 Å². The van der Waals surface area contributed by atoms with Crippen LogP contribution in [-0.4, -0.2) is 51.2 Å². The van der Waals surface area contributed by atoms with Crippen molar-refractivity contribution in [2.24, 2.45) is 5.92 Å². The van der Waals surface area contributed by atoms with E-state index in [0.29, 0.717) is 17.9 Å². The second kappa shape index (κ2) is 6.23. The molecular formula is C17H27N5O. The van der Waals surface area contributed by atoms with Gasteiger partial charge >= 0.3 is 0 Å². The van der Waals surface area contributed by atoms with Crippen LogP contribution in [0.25, 0.3) is 0 Å². The zero-order valence-corrected chi connectivity index (χ0v) is 13.9. The van der Waals surface area contributed by atoms with E-state index in [1.807, 2.05) is 6.92 Å². The van der Waals surface area contributed by atoms with Crippen molar-refractivity contribution in [1.82, 2.24) is 25.4 Å². The van der Waals surface area contributed by atoms with Gasteiger partial charge in [0.1, 0.15) is 5.82 Å². The average Bonchev–Trinajstić information content (AvgIpc) is 3.20. The number of carbonyl (C=O) groups excluding carboxylic acids is 1. The molecule has 4 rings (SSSR count).